The zero-order chi connectivity index (χ0) is 32.6. The van der Waals surface area contributed by atoms with Gasteiger partial charge in [-0.1, -0.05) is 12.1 Å². The van der Waals surface area contributed by atoms with Crippen LogP contribution in [0.15, 0.2) is 79.4 Å². The molecule has 4 aromatic rings. The number of aromatic nitrogens is 2. The standard InChI is InChI=1S/C35H46N2O6P2/c1-8-40-44(38,41-9-2)25-30-12-14-34(27(5)22-30)36-19-16-32(17-20-36)33-18-21-37(24-29(33)7)35-15-13-31(23-28(35)6)26-45(39,42-10-3)43-11-4/h12-24H,8-11,25-26H2,1-7H3/q+2. The fraction of sp³-hybridized carbons (Fsp3) is 0.371. The summed E-state index contributed by atoms with van der Waals surface area (Å²) in [7, 11) is -6.33. The lowest BCUT2D eigenvalue weighted by atomic mass is 10.0. The highest BCUT2D eigenvalue weighted by molar-refractivity contribution is 7.53. The van der Waals surface area contributed by atoms with Crippen molar-refractivity contribution in [2.24, 2.45) is 0 Å². The lowest BCUT2D eigenvalue weighted by Crippen LogP contribution is -2.31. The van der Waals surface area contributed by atoms with Gasteiger partial charge in [-0.05, 0) is 82.9 Å². The number of hydrogen-bond acceptors (Lipinski definition) is 6. The SMILES string of the molecule is CCOP(=O)(Cc1ccc(-[n+]2ccc(-c3cc[n+](-c4ccc(CP(=O)(OCC)OCC)cc4C)cc3C)cc2)c(C)c1)OCC. The van der Waals surface area contributed by atoms with Crippen LogP contribution in [0.5, 0.6) is 0 Å². The van der Waals surface area contributed by atoms with E-state index in [9.17, 15) is 9.13 Å². The smallest absolute Gasteiger partial charge is 0.309 e. The molecule has 45 heavy (non-hydrogen) atoms. The van der Waals surface area contributed by atoms with Crippen molar-refractivity contribution in [3.8, 4) is 22.5 Å². The van der Waals surface area contributed by atoms with Crippen LogP contribution in [0.3, 0.4) is 0 Å². The van der Waals surface area contributed by atoms with Crippen molar-refractivity contribution in [3.63, 3.8) is 0 Å². The molecular weight excluding hydrogens is 606 g/mol. The van der Waals surface area contributed by atoms with Gasteiger partial charge in [0.1, 0.15) is 0 Å². The first-order chi connectivity index (χ1) is 21.5. The Bertz CT molecular complexity index is 1690. The Morgan fingerprint density at radius 2 is 0.978 bits per heavy atom. The summed E-state index contributed by atoms with van der Waals surface area (Å²) in [4.78, 5) is 0. The third-order valence-corrected chi connectivity index (χ3v) is 11.5. The van der Waals surface area contributed by atoms with Crippen LogP contribution in [0.25, 0.3) is 22.5 Å². The number of rotatable bonds is 15. The highest BCUT2D eigenvalue weighted by Gasteiger charge is 2.26. The van der Waals surface area contributed by atoms with Crippen molar-refractivity contribution in [1.29, 1.82) is 0 Å². The van der Waals surface area contributed by atoms with Gasteiger partial charge in [-0.3, -0.25) is 9.13 Å². The second kappa shape index (κ2) is 15.6. The van der Waals surface area contributed by atoms with E-state index in [2.05, 4.69) is 85.0 Å². The van der Waals surface area contributed by atoms with Gasteiger partial charge >= 0.3 is 15.2 Å². The topological polar surface area (TPSA) is 78.8 Å². The van der Waals surface area contributed by atoms with E-state index in [0.717, 1.165) is 50.3 Å². The predicted molar refractivity (Wildman–Crippen MR) is 178 cm³/mol. The summed E-state index contributed by atoms with van der Waals surface area (Å²) in [5.74, 6) is 0. The second-order valence-corrected chi connectivity index (χ2v) is 15.0. The third kappa shape index (κ3) is 8.86. The Hall–Kier alpha value is -2.96. The lowest BCUT2D eigenvalue weighted by molar-refractivity contribution is -0.596. The molecule has 240 valence electrons. The van der Waals surface area contributed by atoms with Crippen LogP contribution in [0.4, 0.5) is 0 Å². The maximum absolute atomic E-state index is 13.0. The van der Waals surface area contributed by atoms with Gasteiger partial charge in [0.25, 0.3) is 0 Å². The average molecular weight is 653 g/mol. The minimum absolute atomic E-state index is 0.250. The van der Waals surface area contributed by atoms with Gasteiger partial charge in [-0.25, -0.2) is 0 Å². The largest absolute Gasteiger partial charge is 0.335 e. The third-order valence-electron chi connectivity index (χ3n) is 7.43. The zero-order valence-electron chi connectivity index (χ0n) is 27.5. The van der Waals surface area contributed by atoms with Crippen LogP contribution < -0.4 is 9.13 Å². The van der Waals surface area contributed by atoms with Gasteiger partial charge in [0.2, 0.25) is 11.4 Å². The minimum atomic E-state index is -3.17. The molecule has 0 N–H and O–H groups in total. The zero-order valence-corrected chi connectivity index (χ0v) is 29.3. The molecule has 0 fully saturated rings. The Morgan fingerprint density at radius 1 is 0.556 bits per heavy atom. The summed E-state index contributed by atoms with van der Waals surface area (Å²) in [5.41, 5.74) is 9.51. The first-order valence-corrected chi connectivity index (χ1v) is 19.0. The summed E-state index contributed by atoms with van der Waals surface area (Å²) in [6.07, 6.45) is 8.84. The summed E-state index contributed by atoms with van der Waals surface area (Å²) < 4.78 is 52.1. The molecule has 0 saturated carbocycles. The molecule has 8 nitrogen and oxygen atoms in total. The van der Waals surface area contributed by atoms with Crippen LogP contribution in [-0.2, 0) is 39.5 Å². The van der Waals surface area contributed by atoms with E-state index in [-0.39, 0.29) is 12.3 Å². The minimum Gasteiger partial charge on any atom is -0.309 e. The average Bonchev–Trinajstić information content (AvgIpc) is 2.98. The lowest BCUT2D eigenvalue weighted by Gasteiger charge is -2.17. The van der Waals surface area contributed by atoms with Crippen LogP contribution in [0.1, 0.15) is 55.5 Å². The molecule has 0 atom stereocenters. The summed E-state index contributed by atoms with van der Waals surface area (Å²) in [6.45, 7) is 14.9. The molecule has 2 heterocycles. The molecular formula is C35H46N2O6P2+2. The number of benzene rings is 2. The molecule has 2 aromatic carbocycles. The van der Waals surface area contributed by atoms with E-state index < -0.39 is 15.2 Å². The Labute approximate surface area is 268 Å². The van der Waals surface area contributed by atoms with Crippen molar-refractivity contribution in [3.05, 3.63) is 107 Å². The van der Waals surface area contributed by atoms with Gasteiger partial charge in [0.15, 0.2) is 24.8 Å². The quantitative estimate of drug-likeness (QED) is 0.0949. The first-order valence-electron chi connectivity index (χ1n) is 15.5. The fourth-order valence-electron chi connectivity index (χ4n) is 5.55. The van der Waals surface area contributed by atoms with E-state index in [1.54, 1.807) is 0 Å². The number of aryl methyl sites for hydroxylation is 3. The van der Waals surface area contributed by atoms with E-state index in [0.29, 0.717) is 26.4 Å². The van der Waals surface area contributed by atoms with Crippen LogP contribution in [0, 0.1) is 20.8 Å². The highest BCUT2D eigenvalue weighted by atomic mass is 31.2. The van der Waals surface area contributed by atoms with Gasteiger partial charge < -0.3 is 18.1 Å². The normalized spacial score (nSPS) is 12.1. The summed E-state index contributed by atoms with van der Waals surface area (Å²) in [6, 6.07) is 18.5. The van der Waals surface area contributed by atoms with Crippen molar-refractivity contribution in [1.82, 2.24) is 0 Å². The fourth-order valence-corrected chi connectivity index (χ4v) is 8.93. The van der Waals surface area contributed by atoms with E-state index in [1.165, 1.54) is 0 Å². The van der Waals surface area contributed by atoms with E-state index in [4.69, 9.17) is 18.1 Å². The summed E-state index contributed by atoms with van der Waals surface area (Å²) in [5, 5.41) is 0. The number of pyridine rings is 2. The second-order valence-electron chi connectivity index (χ2n) is 10.9. The van der Waals surface area contributed by atoms with Crippen LogP contribution >= 0.6 is 15.2 Å². The molecule has 0 aliphatic carbocycles. The van der Waals surface area contributed by atoms with E-state index in [1.807, 2.05) is 52.0 Å². The van der Waals surface area contributed by atoms with Crippen molar-refractivity contribution >= 4 is 15.2 Å². The molecule has 0 aliphatic heterocycles. The van der Waals surface area contributed by atoms with Crippen LogP contribution in [0.2, 0.25) is 0 Å². The number of nitrogens with zero attached hydrogens (tertiary/aromatic N) is 2. The maximum atomic E-state index is 13.0. The van der Waals surface area contributed by atoms with Gasteiger partial charge in [-0.2, -0.15) is 9.13 Å². The monoisotopic (exact) mass is 652 g/mol. The molecule has 0 radical (unpaired) electrons. The first kappa shape index (κ1) is 34.9. The molecule has 2 aromatic heterocycles. The molecule has 10 heteroatoms. The predicted octanol–water partition coefficient (Wildman–Crippen LogP) is 8.36. The van der Waals surface area contributed by atoms with Gasteiger partial charge in [-0.15, -0.1) is 0 Å². The highest BCUT2D eigenvalue weighted by Crippen LogP contribution is 2.52. The molecule has 4 rings (SSSR count). The van der Waals surface area contributed by atoms with Crippen molar-refractivity contribution in [2.75, 3.05) is 26.4 Å². The van der Waals surface area contributed by atoms with E-state index >= 15 is 0 Å². The molecule has 0 amide bonds. The Kier molecular flexibility index (Phi) is 12.1. The molecule has 0 unspecified atom stereocenters. The van der Waals surface area contributed by atoms with Crippen molar-refractivity contribution < 1.29 is 36.4 Å². The Balaban J connectivity index is 1.51. The molecule has 0 bridgehead atoms. The Morgan fingerprint density at radius 3 is 1.38 bits per heavy atom. The molecule has 0 spiro atoms. The molecule has 0 saturated heterocycles. The molecule has 0 aliphatic rings. The van der Waals surface area contributed by atoms with Crippen molar-refractivity contribution in [2.45, 2.75) is 60.8 Å². The van der Waals surface area contributed by atoms with Crippen LogP contribution in [-0.4, -0.2) is 26.4 Å². The summed E-state index contributed by atoms with van der Waals surface area (Å²) >= 11 is 0. The maximum Gasteiger partial charge on any atom is 0.335 e. The van der Waals surface area contributed by atoms with Gasteiger partial charge in [0.05, 0.1) is 38.8 Å². The van der Waals surface area contributed by atoms with Gasteiger partial charge in [0, 0.05) is 47.0 Å². The number of hydrogen-bond donors (Lipinski definition) is 0.